The molecular weight excluding hydrogens is 287 g/mol. The molecule has 2 heterocycles. The van der Waals surface area contributed by atoms with Crippen molar-refractivity contribution < 1.29 is 4.79 Å². The molecule has 7 heteroatoms. The Hall–Kier alpha value is -1.59. The second-order valence-electron chi connectivity index (χ2n) is 4.18. The van der Waals surface area contributed by atoms with Gasteiger partial charge in [-0.15, -0.1) is 0 Å². The molecule has 2 aromatic rings. The van der Waals surface area contributed by atoms with E-state index in [1.807, 2.05) is 6.92 Å². The summed E-state index contributed by atoms with van der Waals surface area (Å²) in [6, 6.07) is 3.33. The number of hydrogen-bond donors (Lipinski definition) is 1. The van der Waals surface area contributed by atoms with Crippen LogP contribution in [0.4, 0.5) is 5.69 Å². The summed E-state index contributed by atoms with van der Waals surface area (Å²) in [6.45, 7) is 3.66. The van der Waals surface area contributed by atoms with Gasteiger partial charge in [-0.05, 0) is 31.5 Å². The quantitative estimate of drug-likeness (QED) is 0.867. The lowest BCUT2D eigenvalue weighted by atomic mass is 10.2. The minimum atomic E-state index is -0.335. The SMILES string of the molecule is Cc1cc(Cl)nc(Cl)c1NC(=O)c1cc(C)n(C)n1. The smallest absolute Gasteiger partial charge is 0.276 e. The molecule has 0 unspecified atom stereocenters. The van der Waals surface area contributed by atoms with Crippen LogP contribution in [-0.2, 0) is 7.05 Å². The summed E-state index contributed by atoms with van der Waals surface area (Å²) in [4.78, 5) is 16.0. The van der Waals surface area contributed by atoms with E-state index in [9.17, 15) is 4.79 Å². The van der Waals surface area contributed by atoms with Crippen LogP contribution in [0.3, 0.4) is 0 Å². The summed E-state index contributed by atoms with van der Waals surface area (Å²) in [5.41, 5.74) is 2.40. The van der Waals surface area contributed by atoms with Crippen LogP contribution in [0.2, 0.25) is 10.3 Å². The number of halogens is 2. The lowest BCUT2D eigenvalue weighted by molar-refractivity contribution is 0.102. The standard InChI is InChI=1S/C12H12Cl2N4O/c1-6-4-9(13)15-11(14)10(6)16-12(19)8-5-7(2)18(3)17-8/h4-5H,1-3H3,(H,16,19). The summed E-state index contributed by atoms with van der Waals surface area (Å²) in [5, 5.41) is 7.24. The first-order chi connectivity index (χ1) is 8.88. The average molecular weight is 299 g/mol. The van der Waals surface area contributed by atoms with Gasteiger partial charge < -0.3 is 5.32 Å². The number of carbonyl (C=O) groups excluding carboxylic acids is 1. The first-order valence-electron chi connectivity index (χ1n) is 5.53. The Kier molecular flexibility index (Phi) is 3.78. The summed E-state index contributed by atoms with van der Waals surface area (Å²) in [6.07, 6.45) is 0. The molecule has 0 saturated heterocycles. The number of nitrogens with zero attached hydrogens (tertiary/aromatic N) is 3. The molecule has 19 heavy (non-hydrogen) atoms. The minimum Gasteiger partial charge on any atom is -0.318 e. The van der Waals surface area contributed by atoms with Crippen LogP contribution in [0.25, 0.3) is 0 Å². The van der Waals surface area contributed by atoms with Gasteiger partial charge in [0.05, 0.1) is 5.69 Å². The molecule has 100 valence electrons. The van der Waals surface area contributed by atoms with Crippen molar-refractivity contribution in [3.63, 3.8) is 0 Å². The fourth-order valence-corrected chi connectivity index (χ4v) is 2.17. The summed E-state index contributed by atoms with van der Waals surface area (Å²) < 4.78 is 1.63. The molecule has 0 radical (unpaired) electrons. The maximum Gasteiger partial charge on any atom is 0.276 e. The molecule has 0 aliphatic heterocycles. The molecule has 5 nitrogen and oxygen atoms in total. The Labute approximate surface area is 120 Å². The monoisotopic (exact) mass is 298 g/mol. The maximum absolute atomic E-state index is 12.1. The van der Waals surface area contributed by atoms with E-state index in [4.69, 9.17) is 23.2 Å². The Morgan fingerprint density at radius 1 is 1.32 bits per heavy atom. The number of nitrogens with one attached hydrogen (secondary N) is 1. The topological polar surface area (TPSA) is 59.8 Å². The van der Waals surface area contributed by atoms with Gasteiger partial charge >= 0.3 is 0 Å². The third kappa shape index (κ3) is 2.88. The predicted octanol–water partition coefficient (Wildman–Crippen LogP) is 2.99. The highest BCUT2D eigenvalue weighted by atomic mass is 35.5. The van der Waals surface area contributed by atoms with E-state index in [1.54, 1.807) is 30.8 Å². The van der Waals surface area contributed by atoms with Crippen molar-refractivity contribution in [2.24, 2.45) is 7.05 Å². The lowest BCUT2D eigenvalue weighted by Crippen LogP contribution is -2.14. The summed E-state index contributed by atoms with van der Waals surface area (Å²) in [5.74, 6) is -0.335. The van der Waals surface area contributed by atoms with Crippen LogP contribution >= 0.6 is 23.2 Å². The Morgan fingerprint density at radius 3 is 2.53 bits per heavy atom. The van der Waals surface area contributed by atoms with Gasteiger partial charge in [0.2, 0.25) is 0 Å². The number of pyridine rings is 1. The number of aromatic nitrogens is 3. The highest BCUT2D eigenvalue weighted by molar-refractivity contribution is 6.35. The largest absolute Gasteiger partial charge is 0.318 e. The van der Waals surface area contributed by atoms with Crippen molar-refractivity contribution in [3.05, 3.63) is 39.4 Å². The Balaban J connectivity index is 2.29. The van der Waals surface area contributed by atoms with Crippen LogP contribution in [0.5, 0.6) is 0 Å². The summed E-state index contributed by atoms with van der Waals surface area (Å²) >= 11 is 11.7. The Bertz CT molecular complexity index is 609. The van der Waals surface area contributed by atoms with E-state index in [0.29, 0.717) is 11.4 Å². The third-order valence-corrected chi connectivity index (χ3v) is 3.19. The lowest BCUT2D eigenvalue weighted by Gasteiger charge is -2.08. The van der Waals surface area contributed by atoms with Gasteiger partial charge in [-0.25, -0.2) is 4.98 Å². The van der Waals surface area contributed by atoms with Crippen molar-refractivity contribution in [2.75, 3.05) is 5.32 Å². The minimum absolute atomic E-state index is 0.158. The zero-order chi connectivity index (χ0) is 14.2. The van der Waals surface area contributed by atoms with Gasteiger partial charge in [0.15, 0.2) is 10.8 Å². The van der Waals surface area contributed by atoms with E-state index in [0.717, 1.165) is 11.3 Å². The molecule has 0 aliphatic rings. The van der Waals surface area contributed by atoms with Crippen LogP contribution in [0.15, 0.2) is 12.1 Å². The molecule has 0 aliphatic carbocycles. The van der Waals surface area contributed by atoms with Gasteiger partial charge in [-0.3, -0.25) is 9.48 Å². The van der Waals surface area contributed by atoms with Gasteiger partial charge in [0, 0.05) is 12.7 Å². The van der Waals surface area contributed by atoms with Gasteiger partial charge in [0.25, 0.3) is 5.91 Å². The average Bonchev–Trinajstić information content (AvgIpc) is 2.64. The molecule has 1 N–H and O–H groups in total. The van der Waals surface area contributed by atoms with Crippen molar-refractivity contribution in [1.29, 1.82) is 0 Å². The molecular formula is C12H12Cl2N4O. The Morgan fingerprint density at radius 2 is 2.00 bits per heavy atom. The molecule has 0 atom stereocenters. The third-order valence-electron chi connectivity index (χ3n) is 2.73. The molecule has 1 amide bonds. The van der Waals surface area contributed by atoms with E-state index in [2.05, 4.69) is 15.4 Å². The van der Waals surface area contributed by atoms with E-state index in [1.165, 1.54) is 0 Å². The van der Waals surface area contributed by atoms with Crippen molar-refractivity contribution in [3.8, 4) is 0 Å². The number of rotatable bonds is 2. The fourth-order valence-electron chi connectivity index (χ4n) is 1.59. The molecule has 2 aromatic heterocycles. The zero-order valence-corrected chi connectivity index (χ0v) is 12.2. The number of aryl methyl sites for hydroxylation is 3. The number of anilines is 1. The van der Waals surface area contributed by atoms with Crippen molar-refractivity contribution in [1.82, 2.24) is 14.8 Å². The first-order valence-corrected chi connectivity index (χ1v) is 6.28. The van der Waals surface area contributed by atoms with Crippen LogP contribution in [0, 0.1) is 13.8 Å². The molecule has 2 rings (SSSR count). The molecule has 0 fully saturated rings. The summed E-state index contributed by atoms with van der Waals surface area (Å²) in [7, 11) is 1.77. The van der Waals surface area contributed by atoms with E-state index in [-0.39, 0.29) is 16.2 Å². The van der Waals surface area contributed by atoms with E-state index < -0.39 is 0 Å². The van der Waals surface area contributed by atoms with Gasteiger partial charge in [-0.2, -0.15) is 5.10 Å². The fraction of sp³-hybridized carbons (Fsp3) is 0.250. The number of hydrogen-bond acceptors (Lipinski definition) is 3. The van der Waals surface area contributed by atoms with E-state index >= 15 is 0 Å². The molecule has 0 spiro atoms. The predicted molar refractivity (Wildman–Crippen MR) is 74.9 cm³/mol. The molecule has 0 saturated carbocycles. The van der Waals surface area contributed by atoms with Gasteiger partial charge in [0.1, 0.15) is 5.15 Å². The van der Waals surface area contributed by atoms with Crippen LogP contribution < -0.4 is 5.32 Å². The molecule has 0 aromatic carbocycles. The maximum atomic E-state index is 12.1. The second kappa shape index (κ2) is 5.19. The highest BCUT2D eigenvalue weighted by Gasteiger charge is 2.15. The molecule has 0 bridgehead atoms. The first kappa shape index (κ1) is 13.8. The highest BCUT2D eigenvalue weighted by Crippen LogP contribution is 2.26. The number of carbonyl (C=O) groups is 1. The number of amides is 1. The second-order valence-corrected chi connectivity index (χ2v) is 4.92. The normalized spacial score (nSPS) is 10.6. The van der Waals surface area contributed by atoms with Gasteiger partial charge in [-0.1, -0.05) is 23.2 Å². The van der Waals surface area contributed by atoms with Crippen LogP contribution in [0.1, 0.15) is 21.7 Å². The van der Waals surface area contributed by atoms with Crippen molar-refractivity contribution in [2.45, 2.75) is 13.8 Å². The van der Waals surface area contributed by atoms with Crippen LogP contribution in [-0.4, -0.2) is 20.7 Å². The van der Waals surface area contributed by atoms with Crippen molar-refractivity contribution >= 4 is 34.8 Å². The zero-order valence-electron chi connectivity index (χ0n) is 10.7.